The molecule has 1 aromatic rings. The molecule has 0 aliphatic carbocycles. The lowest BCUT2D eigenvalue weighted by molar-refractivity contribution is 0.0980. The van der Waals surface area contributed by atoms with Gasteiger partial charge >= 0.3 is 6.01 Å². The Morgan fingerprint density at radius 1 is 1.47 bits per heavy atom. The standard InChI is InChI=1S/C9H16N6O2/c1-6-5-17-4-3-15(6)8-11-7(14-10)12-9(13-8)16-2/h6H,3-5,10H2,1-2H3,(H,11,12,13,14). The summed E-state index contributed by atoms with van der Waals surface area (Å²) in [4.78, 5) is 14.4. The number of nitrogens with two attached hydrogens (primary N) is 1. The van der Waals surface area contributed by atoms with Gasteiger partial charge in [0.05, 0.1) is 26.4 Å². The molecule has 0 bridgehead atoms. The maximum Gasteiger partial charge on any atom is 0.322 e. The van der Waals surface area contributed by atoms with E-state index >= 15 is 0 Å². The number of aromatic nitrogens is 3. The number of nitrogens with zero attached hydrogens (tertiary/aromatic N) is 4. The molecule has 94 valence electrons. The molecule has 3 N–H and O–H groups in total. The van der Waals surface area contributed by atoms with Crippen molar-refractivity contribution in [1.82, 2.24) is 15.0 Å². The highest BCUT2D eigenvalue weighted by Gasteiger charge is 2.22. The minimum Gasteiger partial charge on any atom is -0.467 e. The van der Waals surface area contributed by atoms with E-state index in [1.165, 1.54) is 7.11 Å². The van der Waals surface area contributed by atoms with Crippen molar-refractivity contribution in [3.8, 4) is 6.01 Å². The number of hydrazine groups is 1. The van der Waals surface area contributed by atoms with Gasteiger partial charge in [0.2, 0.25) is 11.9 Å². The third-order valence-electron chi connectivity index (χ3n) is 2.54. The number of rotatable bonds is 3. The highest BCUT2D eigenvalue weighted by molar-refractivity contribution is 5.39. The lowest BCUT2D eigenvalue weighted by Gasteiger charge is -2.33. The minimum absolute atomic E-state index is 0.210. The first-order valence-corrected chi connectivity index (χ1v) is 5.35. The van der Waals surface area contributed by atoms with Crippen LogP contribution in [0.3, 0.4) is 0 Å². The van der Waals surface area contributed by atoms with Gasteiger partial charge in [-0.25, -0.2) is 5.84 Å². The molecule has 1 fully saturated rings. The summed E-state index contributed by atoms with van der Waals surface area (Å²) in [6.07, 6.45) is 0. The van der Waals surface area contributed by atoms with Crippen LogP contribution >= 0.6 is 0 Å². The third-order valence-corrected chi connectivity index (χ3v) is 2.54. The van der Waals surface area contributed by atoms with E-state index < -0.39 is 0 Å². The predicted octanol–water partition coefficient (Wildman–Crippen LogP) is -0.609. The summed E-state index contributed by atoms with van der Waals surface area (Å²) in [5.41, 5.74) is 2.40. The van der Waals surface area contributed by atoms with Crippen molar-refractivity contribution in [1.29, 1.82) is 0 Å². The Labute approximate surface area is 99.1 Å². The zero-order valence-corrected chi connectivity index (χ0v) is 9.88. The van der Waals surface area contributed by atoms with Crippen LogP contribution in [0.2, 0.25) is 0 Å². The fourth-order valence-corrected chi connectivity index (χ4v) is 1.65. The molecule has 8 heteroatoms. The van der Waals surface area contributed by atoms with Crippen molar-refractivity contribution < 1.29 is 9.47 Å². The number of nitrogens with one attached hydrogen (secondary N) is 1. The molecule has 1 aromatic heterocycles. The number of hydrogen-bond acceptors (Lipinski definition) is 8. The third kappa shape index (κ3) is 2.53. The SMILES string of the molecule is COc1nc(NN)nc(N2CCOCC2C)n1. The van der Waals surface area contributed by atoms with Gasteiger partial charge in [0.25, 0.3) is 0 Å². The summed E-state index contributed by atoms with van der Waals surface area (Å²) in [5, 5.41) is 0. The van der Waals surface area contributed by atoms with Crippen molar-refractivity contribution in [3.05, 3.63) is 0 Å². The van der Waals surface area contributed by atoms with Crippen LogP contribution in [0.15, 0.2) is 0 Å². The van der Waals surface area contributed by atoms with Crippen LogP contribution in [-0.4, -0.2) is 47.9 Å². The number of hydrogen-bond donors (Lipinski definition) is 2. The summed E-state index contributed by atoms with van der Waals surface area (Å²) >= 11 is 0. The molecule has 0 amide bonds. The van der Waals surface area contributed by atoms with E-state index in [1.54, 1.807) is 0 Å². The van der Waals surface area contributed by atoms with Crippen molar-refractivity contribution in [3.63, 3.8) is 0 Å². The number of anilines is 2. The zero-order chi connectivity index (χ0) is 12.3. The quantitative estimate of drug-likeness (QED) is 0.533. The molecule has 2 rings (SSSR count). The Hall–Kier alpha value is -1.67. The first kappa shape index (κ1) is 11.8. The molecular weight excluding hydrogens is 224 g/mol. The second-order valence-electron chi connectivity index (χ2n) is 3.71. The Kier molecular flexibility index (Phi) is 3.55. The van der Waals surface area contributed by atoms with Crippen molar-refractivity contribution in [2.75, 3.05) is 37.2 Å². The molecule has 1 unspecified atom stereocenters. The second kappa shape index (κ2) is 5.11. The van der Waals surface area contributed by atoms with E-state index in [0.717, 1.165) is 6.54 Å². The molecule has 17 heavy (non-hydrogen) atoms. The smallest absolute Gasteiger partial charge is 0.322 e. The summed E-state index contributed by atoms with van der Waals surface area (Å²) < 4.78 is 10.4. The summed E-state index contributed by atoms with van der Waals surface area (Å²) in [5.74, 6) is 6.13. The zero-order valence-electron chi connectivity index (χ0n) is 9.88. The number of morpholine rings is 1. The Morgan fingerprint density at radius 2 is 2.29 bits per heavy atom. The van der Waals surface area contributed by atoms with Gasteiger partial charge in [0.15, 0.2) is 0 Å². The van der Waals surface area contributed by atoms with Gasteiger partial charge in [-0.1, -0.05) is 0 Å². The summed E-state index contributed by atoms with van der Waals surface area (Å²) in [7, 11) is 1.50. The lowest BCUT2D eigenvalue weighted by atomic mass is 10.3. The average molecular weight is 240 g/mol. The first-order valence-electron chi connectivity index (χ1n) is 5.35. The molecule has 0 radical (unpaired) electrons. The summed E-state index contributed by atoms with van der Waals surface area (Å²) in [6, 6.07) is 0.447. The van der Waals surface area contributed by atoms with E-state index in [-0.39, 0.29) is 18.0 Å². The highest BCUT2D eigenvalue weighted by atomic mass is 16.5. The maximum absolute atomic E-state index is 5.36. The van der Waals surface area contributed by atoms with Crippen LogP contribution in [-0.2, 0) is 4.74 Å². The number of ether oxygens (including phenoxy) is 2. The van der Waals surface area contributed by atoms with E-state index in [1.807, 2.05) is 11.8 Å². The molecule has 2 heterocycles. The van der Waals surface area contributed by atoms with Crippen LogP contribution in [0.5, 0.6) is 6.01 Å². The molecule has 1 aliphatic heterocycles. The summed E-state index contributed by atoms with van der Waals surface area (Å²) in [6.45, 7) is 4.09. The van der Waals surface area contributed by atoms with Crippen LogP contribution in [0, 0.1) is 0 Å². The molecular formula is C9H16N6O2. The largest absolute Gasteiger partial charge is 0.467 e. The Morgan fingerprint density at radius 3 is 2.94 bits per heavy atom. The Balaban J connectivity index is 2.29. The van der Waals surface area contributed by atoms with E-state index in [2.05, 4.69) is 20.4 Å². The van der Waals surface area contributed by atoms with Gasteiger partial charge in [-0.05, 0) is 6.92 Å². The highest BCUT2D eigenvalue weighted by Crippen LogP contribution is 2.18. The number of nitrogen functional groups attached to an aromatic ring is 1. The lowest BCUT2D eigenvalue weighted by Crippen LogP contribution is -2.44. The van der Waals surface area contributed by atoms with Gasteiger partial charge in [-0.15, -0.1) is 0 Å². The monoisotopic (exact) mass is 240 g/mol. The molecule has 1 aliphatic rings. The fourth-order valence-electron chi connectivity index (χ4n) is 1.65. The van der Waals surface area contributed by atoms with Crippen LogP contribution in [0.1, 0.15) is 6.92 Å². The molecule has 1 atom stereocenters. The van der Waals surface area contributed by atoms with Gasteiger partial charge in [-0.2, -0.15) is 15.0 Å². The molecule has 0 saturated carbocycles. The van der Waals surface area contributed by atoms with Gasteiger partial charge in [0, 0.05) is 6.54 Å². The Bertz CT molecular complexity index is 365. The van der Waals surface area contributed by atoms with Crippen LogP contribution in [0.4, 0.5) is 11.9 Å². The van der Waals surface area contributed by atoms with Crippen molar-refractivity contribution in [2.45, 2.75) is 13.0 Å². The van der Waals surface area contributed by atoms with Gasteiger partial charge < -0.3 is 14.4 Å². The van der Waals surface area contributed by atoms with E-state index in [0.29, 0.717) is 19.2 Å². The molecule has 1 saturated heterocycles. The minimum atomic E-state index is 0.210. The van der Waals surface area contributed by atoms with E-state index in [4.69, 9.17) is 15.3 Å². The van der Waals surface area contributed by atoms with Crippen LogP contribution in [0.25, 0.3) is 0 Å². The second-order valence-corrected chi connectivity index (χ2v) is 3.71. The van der Waals surface area contributed by atoms with E-state index in [9.17, 15) is 0 Å². The van der Waals surface area contributed by atoms with Crippen molar-refractivity contribution >= 4 is 11.9 Å². The predicted molar refractivity (Wildman–Crippen MR) is 61.8 cm³/mol. The molecule has 8 nitrogen and oxygen atoms in total. The van der Waals surface area contributed by atoms with Crippen LogP contribution < -0.4 is 20.9 Å². The maximum atomic E-state index is 5.36. The van der Waals surface area contributed by atoms with Gasteiger partial charge in [-0.3, -0.25) is 5.43 Å². The van der Waals surface area contributed by atoms with Crippen molar-refractivity contribution in [2.24, 2.45) is 5.84 Å². The molecule has 0 spiro atoms. The number of methoxy groups -OCH3 is 1. The molecule has 0 aromatic carbocycles. The average Bonchev–Trinajstić information content (AvgIpc) is 2.38. The van der Waals surface area contributed by atoms with Gasteiger partial charge in [0.1, 0.15) is 0 Å². The first-order chi connectivity index (χ1) is 8.24. The topological polar surface area (TPSA) is 98.4 Å². The fraction of sp³-hybridized carbons (Fsp3) is 0.667. The normalized spacial score (nSPS) is 20.2.